The number of aliphatic hydroxyl groups excluding tert-OH is 1. The molecule has 4 nitrogen and oxygen atoms in total. The standard InChI is InChI=1S/C22H23N3OS/c26-21(16-23-22(27)24-18-10-4-1-5-11-18)17-25(19-12-6-2-7-13-19)20-14-8-3-9-15-20/h1-15,21,26H,16-17H2,(H2,23,24,27)/t21-/m1/s1. The summed E-state index contributed by atoms with van der Waals surface area (Å²) in [4.78, 5) is 2.10. The van der Waals surface area contributed by atoms with Crippen LogP contribution in [0, 0.1) is 0 Å². The van der Waals surface area contributed by atoms with E-state index in [2.05, 4.69) is 15.5 Å². The van der Waals surface area contributed by atoms with Crippen molar-refractivity contribution in [2.24, 2.45) is 0 Å². The first-order valence-electron chi connectivity index (χ1n) is 8.88. The van der Waals surface area contributed by atoms with Crippen molar-refractivity contribution in [2.45, 2.75) is 6.10 Å². The first-order valence-corrected chi connectivity index (χ1v) is 9.29. The maximum atomic E-state index is 10.6. The number of hydrogen-bond donors (Lipinski definition) is 3. The molecule has 0 fully saturated rings. The Bertz CT molecular complexity index is 788. The van der Waals surface area contributed by atoms with Crippen LogP contribution < -0.4 is 15.5 Å². The monoisotopic (exact) mass is 377 g/mol. The van der Waals surface area contributed by atoms with Crippen LogP contribution >= 0.6 is 12.2 Å². The third kappa shape index (κ3) is 5.81. The summed E-state index contributed by atoms with van der Waals surface area (Å²) >= 11 is 5.31. The second-order valence-corrected chi connectivity index (χ2v) is 6.54. The van der Waals surface area contributed by atoms with Gasteiger partial charge < -0.3 is 20.6 Å². The molecule has 0 aliphatic carbocycles. The summed E-state index contributed by atoms with van der Waals surface area (Å²) in [6.45, 7) is 0.809. The summed E-state index contributed by atoms with van der Waals surface area (Å²) < 4.78 is 0. The lowest BCUT2D eigenvalue weighted by atomic mass is 10.2. The smallest absolute Gasteiger partial charge is 0.170 e. The highest BCUT2D eigenvalue weighted by molar-refractivity contribution is 7.80. The summed E-state index contributed by atoms with van der Waals surface area (Å²) in [6.07, 6.45) is -0.596. The average Bonchev–Trinajstić information content (AvgIpc) is 2.72. The van der Waals surface area contributed by atoms with E-state index >= 15 is 0 Å². The van der Waals surface area contributed by atoms with Crippen LogP contribution in [0.1, 0.15) is 0 Å². The Hall–Kier alpha value is -2.89. The zero-order valence-corrected chi connectivity index (χ0v) is 15.8. The number of aliphatic hydroxyl groups is 1. The molecule has 0 saturated heterocycles. The van der Waals surface area contributed by atoms with Gasteiger partial charge in [0, 0.05) is 23.6 Å². The van der Waals surface area contributed by atoms with E-state index in [1.54, 1.807) is 0 Å². The molecular formula is C22H23N3OS. The van der Waals surface area contributed by atoms with Crippen LogP contribution in [0.25, 0.3) is 0 Å². The fourth-order valence-corrected chi connectivity index (χ4v) is 2.96. The lowest BCUT2D eigenvalue weighted by Gasteiger charge is -2.28. The van der Waals surface area contributed by atoms with Gasteiger partial charge in [-0.1, -0.05) is 54.6 Å². The third-order valence-corrected chi connectivity index (χ3v) is 4.31. The number of thiocarbonyl (C=S) groups is 1. The van der Waals surface area contributed by atoms with E-state index in [9.17, 15) is 5.11 Å². The largest absolute Gasteiger partial charge is 0.389 e. The molecule has 0 spiro atoms. The van der Waals surface area contributed by atoms with Crippen LogP contribution in [0.5, 0.6) is 0 Å². The van der Waals surface area contributed by atoms with E-state index in [0.717, 1.165) is 17.1 Å². The van der Waals surface area contributed by atoms with Crippen LogP contribution in [0.2, 0.25) is 0 Å². The molecule has 0 radical (unpaired) electrons. The lowest BCUT2D eigenvalue weighted by molar-refractivity contribution is 0.186. The van der Waals surface area contributed by atoms with Gasteiger partial charge in [0.05, 0.1) is 12.6 Å². The highest BCUT2D eigenvalue weighted by Gasteiger charge is 2.14. The molecule has 0 amide bonds. The molecule has 3 aromatic carbocycles. The van der Waals surface area contributed by atoms with Gasteiger partial charge in [0.25, 0.3) is 0 Å². The Morgan fingerprint density at radius 2 is 1.30 bits per heavy atom. The van der Waals surface area contributed by atoms with Crippen molar-refractivity contribution in [3.05, 3.63) is 91.0 Å². The zero-order valence-electron chi connectivity index (χ0n) is 15.0. The summed E-state index contributed by atoms with van der Waals surface area (Å²) in [5.41, 5.74) is 2.99. The number of rotatable bonds is 7. The molecule has 0 aliphatic heterocycles. The maximum Gasteiger partial charge on any atom is 0.170 e. The number of hydrogen-bond acceptors (Lipinski definition) is 3. The summed E-state index contributed by atoms with van der Waals surface area (Å²) in [7, 11) is 0. The summed E-state index contributed by atoms with van der Waals surface area (Å²) in [5, 5.41) is 17.2. The highest BCUT2D eigenvalue weighted by Crippen LogP contribution is 2.24. The Morgan fingerprint density at radius 1 is 0.815 bits per heavy atom. The quantitative estimate of drug-likeness (QED) is 0.540. The molecule has 5 heteroatoms. The fraction of sp³-hybridized carbons (Fsp3) is 0.136. The third-order valence-electron chi connectivity index (χ3n) is 4.06. The molecule has 0 heterocycles. The number of anilines is 3. The first-order chi connectivity index (χ1) is 13.2. The van der Waals surface area contributed by atoms with Crippen LogP contribution in [-0.2, 0) is 0 Å². The van der Waals surface area contributed by atoms with Crippen molar-refractivity contribution in [2.75, 3.05) is 23.3 Å². The second kappa shape index (κ2) is 9.71. The predicted octanol–water partition coefficient (Wildman–Crippen LogP) is 4.17. The molecule has 27 heavy (non-hydrogen) atoms. The molecule has 138 valence electrons. The molecule has 0 bridgehead atoms. The molecule has 0 unspecified atom stereocenters. The fourth-order valence-electron chi connectivity index (χ4n) is 2.76. The van der Waals surface area contributed by atoms with Gasteiger partial charge in [0.15, 0.2) is 5.11 Å². The maximum absolute atomic E-state index is 10.6. The van der Waals surface area contributed by atoms with Crippen LogP contribution in [0.3, 0.4) is 0 Å². The van der Waals surface area contributed by atoms with E-state index in [1.807, 2.05) is 91.0 Å². The Labute approximate surface area is 165 Å². The Balaban J connectivity index is 1.59. The van der Waals surface area contributed by atoms with E-state index in [4.69, 9.17) is 12.2 Å². The van der Waals surface area contributed by atoms with Gasteiger partial charge in [-0.25, -0.2) is 0 Å². The minimum atomic E-state index is -0.596. The van der Waals surface area contributed by atoms with Gasteiger partial charge in [0.1, 0.15) is 0 Å². The second-order valence-electron chi connectivity index (χ2n) is 6.14. The molecule has 3 rings (SSSR count). The van der Waals surface area contributed by atoms with Crippen molar-refractivity contribution >= 4 is 34.4 Å². The Kier molecular flexibility index (Phi) is 6.79. The van der Waals surface area contributed by atoms with Crippen LogP contribution in [-0.4, -0.2) is 29.4 Å². The van der Waals surface area contributed by atoms with Gasteiger partial charge >= 0.3 is 0 Å². The molecule has 3 N–H and O–H groups in total. The van der Waals surface area contributed by atoms with Crippen LogP contribution in [0.15, 0.2) is 91.0 Å². The summed E-state index contributed by atoms with van der Waals surface area (Å²) in [5.74, 6) is 0. The zero-order chi connectivity index (χ0) is 18.9. The van der Waals surface area contributed by atoms with Gasteiger partial charge in [-0.05, 0) is 48.6 Å². The van der Waals surface area contributed by atoms with Crippen molar-refractivity contribution in [3.63, 3.8) is 0 Å². The Morgan fingerprint density at radius 3 is 1.81 bits per heavy atom. The number of nitrogens with one attached hydrogen (secondary N) is 2. The molecule has 0 aromatic heterocycles. The minimum absolute atomic E-state index is 0.356. The highest BCUT2D eigenvalue weighted by atomic mass is 32.1. The number of nitrogens with zero attached hydrogens (tertiary/aromatic N) is 1. The topological polar surface area (TPSA) is 47.5 Å². The van der Waals surface area contributed by atoms with Crippen LogP contribution in [0.4, 0.5) is 17.1 Å². The lowest BCUT2D eigenvalue weighted by Crippen LogP contribution is -2.40. The number of para-hydroxylation sites is 3. The van der Waals surface area contributed by atoms with Crippen molar-refractivity contribution in [3.8, 4) is 0 Å². The van der Waals surface area contributed by atoms with Gasteiger partial charge in [0.2, 0.25) is 0 Å². The van der Waals surface area contributed by atoms with E-state index < -0.39 is 6.10 Å². The van der Waals surface area contributed by atoms with Crippen molar-refractivity contribution < 1.29 is 5.11 Å². The van der Waals surface area contributed by atoms with E-state index in [1.165, 1.54) is 0 Å². The van der Waals surface area contributed by atoms with Gasteiger partial charge in [-0.15, -0.1) is 0 Å². The molecular weight excluding hydrogens is 354 g/mol. The number of benzene rings is 3. The molecule has 0 saturated carbocycles. The van der Waals surface area contributed by atoms with Crippen molar-refractivity contribution in [1.82, 2.24) is 5.32 Å². The van der Waals surface area contributed by atoms with Crippen molar-refractivity contribution in [1.29, 1.82) is 0 Å². The predicted molar refractivity (Wildman–Crippen MR) is 117 cm³/mol. The first kappa shape index (κ1) is 18.9. The summed E-state index contributed by atoms with van der Waals surface area (Å²) in [6, 6.07) is 29.8. The minimum Gasteiger partial charge on any atom is -0.389 e. The van der Waals surface area contributed by atoms with E-state index in [0.29, 0.717) is 18.2 Å². The van der Waals surface area contributed by atoms with Gasteiger partial charge in [-0.2, -0.15) is 0 Å². The average molecular weight is 378 g/mol. The SMILES string of the molecule is O[C@H](CNC(=S)Nc1ccccc1)CN(c1ccccc1)c1ccccc1. The molecule has 3 aromatic rings. The normalized spacial score (nSPS) is 11.4. The molecule has 1 atom stereocenters. The van der Waals surface area contributed by atoms with E-state index in [-0.39, 0.29) is 0 Å². The molecule has 0 aliphatic rings. The van der Waals surface area contributed by atoms with Gasteiger partial charge in [-0.3, -0.25) is 0 Å².